The smallest absolute Gasteiger partial charge is 0.258 e. The minimum atomic E-state index is -0.201. The van der Waals surface area contributed by atoms with E-state index in [2.05, 4.69) is 5.32 Å². The number of aldehydes is 1. The molecule has 5 heteroatoms. The second kappa shape index (κ2) is 7.41. The van der Waals surface area contributed by atoms with Crippen LogP contribution in [0.5, 0.6) is 11.5 Å². The predicted molar refractivity (Wildman–Crippen MR) is 71.8 cm³/mol. The Labute approximate surface area is 112 Å². The van der Waals surface area contributed by atoms with Crippen LogP contribution in [0.25, 0.3) is 0 Å². The molecule has 0 aliphatic carbocycles. The highest BCUT2D eigenvalue weighted by atomic mass is 16.5. The summed E-state index contributed by atoms with van der Waals surface area (Å²) >= 11 is 0. The minimum Gasteiger partial charge on any atom is -0.493 e. The van der Waals surface area contributed by atoms with Gasteiger partial charge in [-0.1, -0.05) is 6.92 Å². The third kappa shape index (κ3) is 4.62. The molecule has 1 rings (SSSR count). The molecule has 1 aromatic carbocycles. The van der Waals surface area contributed by atoms with Crippen molar-refractivity contribution in [3.05, 3.63) is 23.8 Å². The zero-order valence-electron chi connectivity index (χ0n) is 11.4. The molecule has 0 fully saturated rings. The molecule has 0 saturated heterocycles. The second-order valence-corrected chi connectivity index (χ2v) is 4.19. The Hall–Kier alpha value is -2.04. The van der Waals surface area contributed by atoms with Gasteiger partial charge in [0.05, 0.1) is 7.11 Å². The fourth-order valence-corrected chi connectivity index (χ4v) is 1.44. The van der Waals surface area contributed by atoms with Crippen molar-refractivity contribution < 1.29 is 19.1 Å². The average molecular weight is 265 g/mol. The van der Waals surface area contributed by atoms with Crippen LogP contribution in [-0.2, 0) is 4.79 Å². The molecule has 104 valence electrons. The lowest BCUT2D eigenvalue weighted by Crippen LogP contribution is -2.35. The number of carbonyl (C=O) groups excluding carboxylic acids is 2. The zero-order chi connectivity index (χ0) is 14.3. The molecule has 0 aliphatic heterocycles. The molecule has 1 N–H and O–H groups in total. The van der Waals surface area contributed by atoms with Gasteiger partial charge >= 0.3 is 0 Å². The molecule has 0 radical (unpaired) electrons. The summed E-state index contributed by atoms with van der Waals surface area (Å²) in [6, 6.07) is 4.91. The Bertz CT molecular complexity index is 445. The van der Waals surface area contributed by atoms with Crippen LogP contribution in [0.3, 0.4) is 0 Å². The van der Waals surface area contributed by atoms with Gasteiger partial charge in [0.1, 0.15) is 6.29 Å². The molecule has 0 aromatic heterocycles. The van der Waals surface area contributed by atoms with Crippen molar-refractivity contribution in [1.29, 1.82) is 0 Å². The summed E-state index contributed by atoms with van der Waals surface area (Å²) in [7, 11) is 1.50. The lowest BCUT2D eigenvalue weighted by atomic mass is 10.2. The van der Waals surface area contributed by atoms with Gasteiger partial charge in [-0.3, -0.25) is 9.59 Å². The monoisotopic (exact) mass is 265 g/mol. The molecular weight excluding hydrogens is 246 g/mol. The van der Waals surface area contributed by atoms with Crippen LogP contribution in [0.2, 0.25) is 0 Å². The third-order valence-corrected chi connectivity index (χ3v) is 2.70. The SMILES string of the molecule is CCC(C)NC(=O)COc1cc(C=O)ccc1OC. The van der Waals surface area contributed by atoms with Gasteiger partial charge in [-0.25, -0.2) is 0 Å². The number of methoxy groups -OCH3 is 1. The van der Waals surface area contributed by atoms with Gasteiger partial charge in [-0.2, -0.15) is 0 Å². The van der Waals surface area contributed by atoms with E-state index in [-0.39, 0.29) is 18.6 Å². The number of ether oxygens (including phenoxy) is 2. The number of rotatable bonds is 7. The van der Waals surface area contributed by atoms with Crippen LogP contribution in [0, 0.1) is 0 Å². The molecule has 0 heterocycles. The summed E-state index contributed by atoms with van der Waals surface area (Å²) in [5.74, 6) is 0.668. The van der Waals surface area contributed by atoms with E-state index in [0.717, 1.165) is 6.42 Å². The van der Waals surface area contributed by atoms with Crippen molar-refractivity contribution in [1.82, 2.24) is 5.32 Å². The highest BCUT2D eigenvalue weighted by Crippen LogP contribution is 2.27. The van der Waals surface area contributed by atoms with Crippen molar-refractivity contribution in [2.45, 2.75) is 26.3 Å². The lowest BCUT2D eigenvalue weighted by Gasteiger charge is -2.13. The molecule has 1 aromatic rings. The first kappa shape index (κ1) is 15.0. The summed E-state index contributed by atoms with van der Waals surface area (Å²) in [6.07, 6.45) is 1.57. The second-order valence-electron chi connectivity index (χ2n) is 4.19. The number of hydrogen-bond donors (Lipinski definition) is 1. The molecule has 19 heavy (non-hydrogen) atoms. The molecule has 1 atom stereocenters. The fourth-order valence-electron chi connectivity index (χ4n) is 1.44. The van der Waals surface area contributed by atoms with Crippen molar-refractivity contribution in [2.75, 3.05) is 13.7 Å². The Morgan fingerprint density at radius 1 is 1.42 bits per heavy atom. The Balaban J connectivity index is 2.65. The Morgan fingerprint density at radius 2 is 2.16 bits per heavy atom. The molecule has 0 spiro atoms. The molecule has 0 saturated carbocycles. The van der Waals surface area contributed by atoms with Gasteiger partial charge in [0, 0.05) is 11.6 Å². The Morgan fingerprint density at radius 3 is 2.74 bits per heavy atom. The normalized spacial score (nSPS) is 11.5. The standard InChI is InChI=1S/C14H19NO4/c1-4-10(2)15-14(17)9-19-13-7-11(8-16)5-6-12(13)18-3/h5-8,10H,4,9H2,1-3H3,(H,15,17). The van der Waals surface area contributed by atoms with Gasteiger partial charge in [-0.15, -0.1) is 0 Å². The van der Waals surface area contributed by atoms with Gasteiger partial charge in [0.25, 0.3) is 5.91 Å². The van der Waals surface area contributed by atoms with Crippen LogP contribution in [0.1, 0.15) is 30.6 Å². The van der Waals surface area contributed by atoms with Crippen molar-refractivity contribution in [3.8, 4) is 11.5 Å². The lowest BCUT2D eigenvalue weighted by molar-refractivity contribution is -0.123. The van der Waals surface area contributed by atoms with E-state index >= 15 is 0 Å². The van der Waals surface area contributed by atoms with E-state index in [9.17, 15) is 9.59 Å². The van der Waals surface area contributed by atoms with Gasteiger partial charge in [0.2, 0.25) is 0 Å². The number of amides is 1. The summed E-state index contributed by atoms with van der Waals surface area (Å²) < 4.78 is 10.5. The van der Waals surface area contributed by atoms with Crippen LogP contribution < -0.4 is 14.8 Å². The van der Waals surface area contributed by atoms with Crippen molar-refractivity contribution in [3.63, 3.8) is 0 Å². The first-order valence-electron chi connectivity index (χ1n) is 6.16. The molecule has 5 nitrogen and oxygen atoms in total. The summed E-state index contributed by atoms with van der Waals surface area (Å²) in [5.41, 5.74) is 0.470. The highest BCUT2D eigenvalue weighted by Gasteiger charge is 2.10. The third-order valence-electron chi connectivity index (χ3n) is 2.70. The van der Waals surface area contributed by atoms with E-state index in [1.54, 1.807) is 18.2 Å². The van der Waals surface area contributed by atoms with Crippen molar-refractivity contribution >= 4 is 12.2 Å². The number of hydrogen-bond acceptors (Lipinski definition) is 4. The van der Waals surface area contributed by atoms with E-state index in [1.807, 2.05) is 13.8 Å². The Kier molecular flexibility index (Phi) is 5.85. The largest absolute Gasteiger partial charge is 0.493 e. The topological polar surface area (TPSA) is 64.6 Å². The van der Waals surface area contributed by atoms with Gasteiger partial charge < -0.3 is 14.8 Å². The predicted octanol–water partition coefficient (Wildman–Crippen LogP) is 1.80. The first-order valence-corrected chi connectivity index (χ1v) is 6.16. The average Bonchev–Trinajstić information content (AvgIpc) is 2.44. The minimum absolute atomic E-state index is 0.108. The van der Waals surface area contributed by atoms with Crippen molar-refractivity contribution in [2.24, 2.45) is 0 Å². The summed E-state index contributed by atoms with van der Waals surface area (Å²) in [5, 5.41) is 2.79. The molecular formula is C14H19NO4. The maximum atomic E-state index is 11.6. The van der Waals surface area contributed by atoms with Gasteiger partial charge in [-0.05, 0) is 31.5 Å². The zero-order valence-corrected chi connectivity index (χ0v) is 11.4. The maximum Gasteiger partial charge on any atom is 0.258 e. The number of benzene rings is 1. The fraction of sp³-hybridized carbons (Fsp3) is 0.429. The molecule has 1 unspecified atom stereocenters. The maximum absolute atomic E-state index is 11.6. The highest BCUT2D eigenvalue weighted by molar-refractivity contribution is 5.78. The van der Waals surface area contributed by atoms with Gasteiger partial charge in [0.15, 0.2) is 18.1 Å². The number of carbonyl (C=O) groups is 2. The first-order chi connectivity index (χ1) is 9.10. The van der Waals surface area contributed by atoms with E-state index < -0.39 is 0 Å². The van der Waals surface area contributed by atoms with Crippen LogP contribution in [0.15, 0.2) is 18.2 Å². The molecule has 1 amide bonds. The van der Waals surface area contributed by atoms with Crippen LogP contribution in [0.4, 0.5) is 0 Å². The number of nitrogens with one attached hydrogen (secondary N) is 1. The van der Waals surface area contributed by atoms with E-state index in [0.29, 0.717) is 23.3 Å². The quantitative estimate of drug-likeness (QED) is 0.763. The molecule has 0 aliphatic rings. The molecule has 0 bridgehead atoms. The van der Waals surface area contributed by atoms with E-state index in [1.165, 1.54) is 7.11 Å². The summed E-state index contributed by atoms with van der Waals surface area (Å²) in [6.45, 7) is 3.80. The van der Waals surface area contributed by atoms with E-state index in [4.69, 9.17) is 9.47 Å². The van der Waals surface area contributed by atoms with Crippen LogP contribution in [-0.4, -0.2) is 32.0 Å². The van der Waals surface area contributed by atoms with Crippen LogP contribution >= 0.6 is 0 Å². The summed E-state index contributed by atoms with van der Waals surface area (Å²) in [4.78, 5) is 22.3.